The fraction of sp³-hybridized carbons (Fsp3) is 0.500. The second-order valence-corrected chi connectivity index (χ2v) is 6.53. The van der Waals surface area contributed by atoms with E-state index in [1.165, 1.54) is 4.31 Å². The van der Waals surface area contributed by atoms with Crippen molar-refractivity contribution in [3.63, 3.8) is 0 Å². The van der Waals surface area contributed by atoms with Crippen LogP contribution in [-0.4, -0.2) is 25.8 Å². The molecule has 0 unspecified atom stereocenters. The van der Waals surface area contributed by atoms with Gasteiger partial charge in [-0.1, -0.05) is 12.8 Å². The monoisotopic (exact) mass is 254 g/mol. The first-order valence-corrected chi connectivity index (χ1v) is 7.29. The molecular formula is C12H18N2O2S. The molecule has 5 heteroatoms. The van der Waals surface area contributed by atoms with Crippen LogP contribution in [0.4, 0.5) is 5.69 Å². The minimum atomic E-state index is -3.36. The smallest absolute Gasteiger partial charge is 0.243 e. The molecule has 0 aromatic heterocycles. The highest BCUT2D eigenvalue weighted by molar-refractivity contribution is 7.89. The lowest BCUT2D eigenvalue weighted by Crippen LogP contribution is -2.35. The predicted octanol–water partition coefficient (Wildman–Crippen LogP) is 1.83. The van der Waals surface area contributed by atoms with Gasteiger partial charge < -0.3 is 5.73 Å². The van der Waals surface area contributed by atoms with E-state index < -0.39 is 10.0 Å². The van der Waals surface area contributed by atoms with Gasteiger partial charge in [0.1, 0.15) is 0 Å². The molecule has 0 heterocycles. The number of hydrogen-bond donors (Lipinski definition) is 1. The van der Waals surface area contributed by atoms with Gasteiger partial charge in [0, 0.05) is 18.8 Å². The molecule has 1 aliphatic rings. The lowest BCUT2D eigenvalue weighted by Gasteiger charge is -2.23. The van der Waals surface area contributed by atoms with E-state index in [9.17, 15) is 8.42 Å². The highest BCUT2D eigenvalue weighted by Crippen LogP contribution is 2.27. The van der Waals surface area contributed by atoms with Crippen molar-refractivity contribution in [2.24, 2.45) is 0 Å². The van der Waals surface area contributed by atoms with Crippen molar-refractivity contribution in [1.29, 1.82) is 0 Å². The topological polar surface area (TPSA) is 63.4 Å². The van der Waals surface area contributed by atoms with E-state index in [4.69, 9.17) is 5.73 Å². The zero-order chi connectivity index (χ0) is 12.5. The fourth-order valence-electron chi connectivity index (χ4n) is 2.27. The highest BCUT2D eigenvalue weighted by Gasteiger charge is 2.29. The maximum Gasteiger partial charge on any atom is 0.243 e. The van der Waals surface area contributed by atoms with Crippen LogP contribution >= 0.6 is 0 Å². The molecule has 1 aliphatic carbocycles. The summed E-state index contributed by atoms with van der Waals surface area (Å²) in [5, 5.41) is 0. The Balaban J connectivity index is 2.26. The normalized spacial score (nSPS) is 17.8. The van der Waals surface area contributed by atoms with Gasteiger partial charge >= 0.3 is 0 Å². The third-order valence-corrected chi connectivity index (χ3v) is 5.32. The molecule has 4 nitrogen and oxygen atoms in total. The summed E-state index contributed by atoms with van der Waals surface area (Å²) in [6.07, 6.45) is 4.16. The van der Waals surface area contributed by atoms with Crippen LogP contribution in [0.3, 0.4) is 0 Å². The van der Waals surface area contributed by atoms with Crippen LogP contribution in [0.5, 0.6) is 0 Å². The molecule has 94 valence electrons. The molecule has 17 heavy (non-hydrogen) atoms. The fourth-order valence-corrected chi connectivity index (χ4v) is 3.69. The van der Waals surface area contributed by atoms with E-state index in [1.54, 1.807) is 31.3 Å². The molecule has 1 fully saturated rings. The summed E-state index contributed by atoms with van der Waals surface area (Å²) in [6.45, 7) is 0. The van der Waals surface area contributed by atoms with Crippen LogP contribution < -0.4 is 5.73 Å². The molecule has 1 aromatic carbocycles. The number of sulfonamides is 1. The van der Waals surface area contributed by atoms with Gasteiger partial charge in [0.15, 0.2) is 0 Å². The molecular weight excluding hydrogens is 236 g/mol. The Hall–Kier alpha value is -1.07. The molecule has 0 spiro atoms. The first-order valence-electron chi connectivity index (χ1n) is 5.85. The second kappa shape index (κ2) is 4.66. The predicted molar refractivity (Wildman–Crippen MR) is 68.1 cm³/mol. The van der Waals surface area contributed by atoms with E-state index in [-0.39, 0.29) is 6.04 Å². The minimum absolute atomic E-state index is 0.151. The van der Waals surface area contributed by atoms with Crippen LogP contribution in [0.2, 0.25) is 0 Å². The Morgan fingerprint density at radius 2 is 1.71 bits per heavy atom. The number of benzene rings is 1. The third-order valence-electron chi connectivity index (χ3n) is 3.40. The number of hydrogen-bond acceptors (Lipinski definition) is 3. The molecule has 0 bridgehead atoms. The lowest BCUT2D eigenvalue weighted by molar-refractivity contribution is 0.373. The van der Waals surface area contributed by atoms with Crippen LogP contribution in [-0.2, 0) is 10.0 Å². The number of rotatable bonds is 3. The van der Waals surface area contributed by atoms with Gasteiger partial charge in [-0.05, 0) is 37.1 Å². The summed E-state index contributed by atoms with van der Waals surface area (Å²) >= 11 is 0. The Labute approximate surface area is 102 Å². The second-order valence-electron chi connectivity index (χ2n) is 4.53. The molecule has 2 N–H and O–H groups in total. The van der Waals surface area contributed by atoms with Crippen LogP contribution in [0, 0.1) is 0 Å². The zero-order valence-corrected chi connectivity index (χ0v) is 10.8. The van der Waals surface area contributed by atoms with Crippen molar-refractivity contribution in [2.45, 2.75) is 36.6 Å². The maximum absolute atomic E-state index is 12.3. The van der Waals surface area contributed by atoms with Gasteiger partial charge in [0.25, 0.3) is 0 Å². The Kier molecular flexibility index (Phi) is 3.40. The van der Waals surface area contributed by atoms with E-state index in [0.717, 1.165) is 25.7 Å². The molecule has 0 saturated heterocycles. The van der Waals surface area contributed by atoms with E-state index >= 15 is 0 Å². The zero-order valence-electron chi connectivity index (χ0n) is 9.96. The molecule has 0 radical (unpaired) electrons. The van der Waals surface area contributed by atoms with Crippen molar-refractivity contribution in [1.82, 2.24) is 4.31 Å². The maximum atomic E-state index is 12.3. The van der Waals surface area contributed by atoms with E-state index in [2.05, 4.69) is 0 Å². The minimum Gasteiger partial charge on any atom is -0.399 e. The first kappa shape index (κ1) is 12.4. The lowest BCUT2D eigenvalue weighted by atomic mass is 10.3. The summed E-state index contributed by atoms with van der Waals surface area (Å²) < 4.78 is 26.1. The summed E-state index contributed by atoms with van der Waals surface area (Å²) in [6, 6.07) is 6.52. The number of nitrogens with two attached hydrogens (primary N) is 1. The number of nitrogens with zero attached hydrogens (tertiary/aromatic N) is 1. The van der Waals surface area contributed by atoms with Crippen LogP contribution in [0.25, 0.3) is 0 Å². The molecule has 2 rings (SSSR count). The summed E-state index contributed by atoms with van der Waals surface area (Å²) in [4.78, 5) is 0.320. The molecule has 0 aliphatic heterocycles. The Morgan fingerprint density at radius 3 is 2.24 bits per heavy atom. The average Bonchev–Trinajstić information content (AvgIpc) is 2.82. The first-order chi connectivity index (χ1) is 8.01. The van der Waals surface area contributed by atoms with Gasteiger partial charge in [-0.25, -0.2) is 8.42 Å². The van der Waals surface area contributed by atoms with Crippen LogP contribution in [0.1, 0.15) is 25.7 Å². The van der Waals surface area contributed by atoms with Gasteiger partial charge in [0.05, 0.1) is 4.90 Å². The van der Waals surface area contributed by atoms with Gasteiger partial charge in [-0.3, -0.25) is 0 Å². The standard InChI is InChI=1S/C12H18N2O2S/c1-14(11-4-2-3-5-11)17(15,16)12-8-6-10(13)7-9-12/h6-9,11H,2-5,13H2,1H3. The number of anilines is 1. The Bertz CT molecular complexity index is 476. The third kappa shape index (κ3) is 2.45. The van der Waals surface area contributed by atoms with Gasteiger partial charge in [-0.2, -0.15) is 4.31 Å². The summed E-state index contributed by atoms with van der Waals surface area (Å²) in [7, 11) is -1.69. The van der Waals surface area contributed by atoms with E-state index in [0.29, 0.717) is 10.6 Å². The molecule has 1 aromatic rings. The Morgan fingerprint density at radius 1 is 1.18 bits per heavy atom. The SMILES string of the molecule is CN(C1CCCC1)S(=O)(=O)c1ccc(N)cc1. The van der Waals surface area contributed by atoms with E-state index in [1.807, 2.05) is 0 Å². The summed E-state index contributed by atoms with van der Waals surface area (Å²) in [5.74, 6) is 0. The van der Waals surface area contributed by atoms with Crippen molar-refractivity contribution in [3.05, 3.63) is 24.3 Å². The average molecular weight is 254 g/mol. The molecule has 1 saturated carbocycles. The van der Waals surface area contributed by atoms with Crippen molar-refractivity contribution >= 4 is 15.7 Å². The molecule has 0 amide bonds. The van der Waals surface area contributed by atoms with Crippen LogP contribution in [0.15, 0.2) is 29.2 Å². The van der Waals surface area contributed by atoms with Gasteiger partial charge in [0.2, 0.25) is 10.0 Å². The number of nitrogen functional groups attached to an aromatic ring is 1. The van der Waals surface area contributed by atoms with Crippen molar-refractivity contribution < 1.29 is 8.42 Å². The quantitative estimate of drug-likeness (QED) is 0.837. The largest absolute Gasteiger partial charge is 0.399 e. The van der Waals surface area contributed by atoms with Gasteiger partial charge in [-0.15, -0.1) is 0 Å². The van der Waals surface area contributed by atoms with Crippen molar-refractivity contribution in [3.8, 4) is 0 Å². The molecule has 0 atom stereocenters. The summed E-state index contributed by atoms with van der Waals surface area (Å²) in [5.41, 5.74) is 6.14. The highest BCUT2D eigenvalue weighted by atomic mass is 32.2. The van der Waals surface area contributed by atoms with Crippen molar-refractivity contribution in [2.75, 3.05) is 12.8 Å².